The van der Waals surface area contributed by atoms with Crippen LogP contribution in [0, 0.1) is 6.92 Å². The second-order valence-electron chi connectivity index (χ2n) is 7.49. The molecule has 2 amide bonds. The molecule has 0 fully saturated rings. The van der Waals surface area contributed by atoms with E-state index in [-0.39, 0.29) is 28.8 Å². The third-order valence-corrected chi connectivity index (χ3v) is 5.30. The molecule has 3 aromatic carbocycles. The summed E-state index contributed by atoms with van der Waals surface area (Å²) in [6.07, 6.45) is 1.39. The standard InChI is InChI=1S/C26H23Cl2N3O5/c1-3-35-23-12-17(6-11-22(23)36-26(34)20-10-9-19(27)13-21(20)28)14-30-31-24(32)15-29-25(33)18-7-4-16(2)5-8-18/h4-14H,3,15H2,1-2H3,(H,29,33)(H,31,32)/b30-14-. The molecule has 0 unspecified atom stereocenters. The first-order valence-corrected chi connectivity index (χ1v) is 11.6. The van der Waals surface area contributed by atoms with Crippen molar-refractivity contribution in [1.29, 1.82) is 0 Å². The lowest BCUT2D eigenvalue weighted by Gasteiger charge is -2.12. The average Bonchev–Trinajstić information content (AvgIpc) is 2.84. The molecule has 0 aromatic heterocycles. The van der Waals surface area contributed by atoms with Crippen LogP contribution in [0.5, 0.6) is 11.5 Å². The fraction of sp³-hybridized carbons (Fsp3) is 0.154. The molecule has 0 atom stereocenters. The van der Waals surface area contributed by atoms with E-state index in [0.717, 1.165) is 5.56 Å². The molecule has 36 heavy (non-hydrogen) atoms. The van der Waals surface area contributed by atoms with E-state index in [9.17, 15) is 14.4 Å². The summed E-state index contributed by atoms with van der Waals surface area (Å²) in [7, 11) is 0. The van der Waals surface area contributed by atoms with Crippen molar-refractivity contribution in [2.24, 2.45) is 5.10 Å². The van der Waals surface area contributed by atoms with Crippen LogP contribution in [0.1, 0.15) is 38.8 Å². The fourth-order valence-corrected chi connectivity index (χ4v) is 3.44. The molecule has 0 saturated carbocycles. The Morgan fingerprint density at radius 2 is 1.72 bits per heavy atom. The van der Waals surface area contributed by atoms with E-state index in [2.05, 4.69) is 15.8 Å². The van der Waals surface area contributed by atoms with Crippen molar-refractivity contribution in [2.45, 2.75) is 13.8 Å². The van der Waals surface area contributed by atoms with E-state index >= 15 is 0 Å². The van der Waals surface area contributed by atoms with Crippen LogP contribution in [0.4, 0.5) is 0 Å². The number of benzene rings is 3. The average molecular weight is 528 g/mol. The highest BCUT2D eigenvalue weighted by Gasteiger charge is 2.16. The van der Waals surface area contributed by atoms with Gasteiger partial charge < -0.3 is 14.8 Å². The number of esters is 1. The fourth-order valence-electron chi connectivity index (χ4n) is 2.95. The molecule has 2 N–H and O–H groups in total. The maximum absolute atomic E-state index is 12.5. The molecule has 0 aliphatic carbocycles. The van der Waals surface area contributed by atoms with Crippen LogP contribution in [0.15, 0.2) is 65.8 Å². The lowest BCUT2D eigenvalue weighted by molar-refractivity contribution is -0.120. The van der Waals surface area contributed by atoms with Crippen molar-refractivity contribution >= 4 is 47.2 Å². The zero-order chi connectivity index (χ0) is 26.1. The Labute approximate surface area is 218 Å². The highest BCUT2D eigenvalue weighted by molar-refractivity contribution is 6.36. The van der Waals surface area contributed by atoms with Gasteiger partial charge in [-0.25, -0.2) is 10.2 Å². The van der Waals surface area contributed by atoms with Gasteiger partial charge in [-0.05, 0) is 67.9 Å². The minimum Gasteiger partial charge on any atom is -0.490 e. The van der Waals surface area contributed by atoms with Crippen LogP contribution in [-0.4, -0.2) is 37.1 Å². The summed E-state index contributed by atoms with van der Waals surface area (Å²) in [5.74, 6) is -1.04. The minimum atomic E-state index is -0.668. The number of aryl methyl sites for hydroxylation is 1. The van der Waals surface area contributed by atoms with Gasteiger partial charge in [0.25, 0.3) is 11.8 Å². The van der Waals surface area contributed by atoms with Crippen LogP contribution in [-0.2, 0) is 4.79 Å². The molecule has 3 aromatic rings. The Balaban J connectivity index is 1.59. The van der Waals surface area contributed by atoms with Crippen LogP contribution in [0.2, 0.25) is 10.0 Å². The van der Waals surface area contributed by atoms with Crippen molar-refractivity contribution in [3.63, 3.8) is 0 Å². The number of carbonyl (C=O) groups excluding carboxylic acids is 3. The van der Waals surface area contributed by atoms with Crippen molar-refractivity contribution in [3.8, 4) is 11.5 Å². The number of ether oxygens (including phenoxy) is 2. The van der Waals surface area contributed by atoms with Crippen molar-refractivity contribution < 1.29 is 23.9 Å². The summed E-state index contributed by atoms with van der Waals surface area (Å²) in [6, 6.07) is 16.2. The number of hydrogen-bond acceptors (Lipinski definition) is 6. The first-order valence-electron chi connectivity index (χ1n) is 10.9. The van der Waals surface area contributed by atoms with Gasteiger partial charge in [0.15, 0.2) is 11.5 Å². The lowest BCUT2D eigenvalue weighted by Crippen LogP contribution is -2.34. The molecule has 0 heterocycles. The summed E-state index contributed by atoms with van der Waals surface area (Å²) >= 11 is 12.0. The summed E-state index contributed by atoms with van der Waals surface area (Å²) in [4.78, 5) is 36.6. The topological polar surface area (TPSA) is 106 Å². The highest BCUT2D eigenvalue weighted by atomic mass is 35.5. The molecule has 0 aliphatic rings. The van der Waals surface area contributed by atoms with Gasteiger partial charge >= 0.3 is 5.97 Å². The number of hydrazone groups is 1. The van der Waals surface area contributed by atoms with E-state index in [4.69, 9.17) is 32.7 Å². The summed E-state index contributed by atoms with van der Waals surface area (Å²) in [6.45, 7) is 3.79. The predicted octanol–water partition coefficient (Wildman–Crippen LogP) is 4.80. The molecule has 3 rings (SSSR count). The van der Waals surface area contributed by atoms with Gasteiger partial charge in [-0.3, -0.25) is 9.59 Å². The van der Waals surface area contributed by atoms with Gasteiger partial charge in [0.1, 0.15) is 0 Å². The number of hydrogen-bond donors (Lipinski definition) is 2. The zero-order valence-electron chi connectivity index (χ0n) is 19.5. The molecule has 10 heteroatoms. The second-order valence-corrected chi connectivity index (χ2v) is 8.34. The van der Waals surface area contributed by atoms with E-state index in [0.29, 0.717) is 28.5 Å². The smallest absolute Gasteiger partial charge is 0.345 e. The Bertz CT molecular complexity index is 1290. The molecule has 0 saturated heterocycles. The third kappa shape index (κ3) is 7.56. The predicted molar refractivity (Wildman–Crippen MR) is 138 cm³/mol. The van der Waals surface area contributed by atoms with E-state index in [1.807, 2.05) is 19.1 Å². The number of nitrogens with zero attached hydrogens (tertiary/aromatic N) is 1. The number of nitrogens with one attached hydrogen (secondary N) is 2. The number of rotatable bonds is 9. The van der Waals surface area contributed by atoms with Crippen molar-refractivity contribution in [1.82, 2.24) is 10.7 Å². The summed E-state index contributed by atoms with van der Waals surface area (Å²) in [5.41, 5.74) is 4.56. The van der Waals surface area contributed by atoms with Crippen LogP contribution < -0.4 is 20.2 Å². The van der Waals surface area contributed by atoms with Crippen molar-refractivity contribution in [2.75, 3.05) is 13.2 Å². The summed E-state index contributed by atoms with van der Waals surface area (Å²) < 4.78 is 11.0. The van der Waals surface area contributed by atoms with Gasteiger partial charge in [-0.1, -0.05) is 40.9 Å². The molecule has 0 aliphatic heterocycles. The number of halogens is 2. The normalized spacial score (nSPS) is 10.7. The Morgan fingerprint density at radius 3 is 2.42 bits per heavy atom. The molecular weight excluding hydrogens is 505 g/mol. The molecule has 0 bridgehead atoms. The quantitative estimate of drug-likeness (QED) is 0.180. The molecule has 0 spiro atoms. The first kappa shape index (κ1) is 26.7. The van der Waals surface area contributed by atoms with E-state index < -0.39 is 11.9 Å². The minimum absolute atomic E-state index is 0.159. The summed E-state index contributed by atoms with van der Waals surface area (Å²) in [5, 5.41) is 6.99. The Morgan fingerprint density at radius 1 is 0.972 bits per heavy atom. The molecule has 0 radical (unpaired) electrons. The van der Waals surface area contributed by atoms with Gasteiger partial charge in [0, 0.05) is 10.6 Å². The van der Waals surface area contributed by atoms with Crippen molar-refractivity contribution in [3.05, 3.63) is 93.0 Å². The van der Waals surface area contributed by atoms with Gasteiger partial charge in [-0.2, -0.15) is 5.10 Å². The van der Waals surface area contributed by atoms with Crippen LogP contribution in [0.3, 0.4) is 0 Å². The number of amides is 2. The maximum Gasteiger partial charge on any atom is 0.345 e. The second kappa shape index (κ2) is 12.7. The SMILES string of the molecule is CCOc1cc(/C=N\NC(=O)CNC(=O)c2ccc(C)cc2)ccc1OC(=O)c1ccc(Cl)cc1Cl. The monoisotopic (exact) mass is 527 g/mol. The largest absolute Gasteiger partial charge is 0.490 e. The van der Waals surface area contributed by atoms with Crippen LogP contribution >= 0.6 is 23.2 Å². The Kier molecular flexibility index (Phi) is 9.44. The molecular formula is C26H23Cl2N3O5. The number of carbonyl (C=O) groups is 3. The van der Waals surface area contributed by atoms with Crippen LogP contribution in [0.25, 0.3) is 0 Å². The van der Waals surface area contributed by atoms with Gasteiger partial charge in [0.05, 0.1) is 30.0 Å². The molecule has 186 valence electrons. The van der Waals surface area contributed by atoms with Gasteiger partial charge in [-0.15, -0.1) is 0 Å². The van der Waals surface area contributed by atoms with Gasteiger partial charge in [0.2, 0.25) is 0 Å². The lowest BCUT2D eigenvalue weighted by atomic mass is 10.1. The van der Waals surface area contributed by atoms with E-state index in [1.165, 1.54) is 30.5 Å². The maximum atomic E-state index is 12.5. The molecule has 8 nitrogen and oxygen atoms in total. The van der Waals surface area contributed by atoms with E-state index in [1.54, 1.807) is 31.2 Å². The third-order valence-electron chi connectivity index (χ3n) is 4.75. The first-order chi connectivity index (χ1) is 17.3. The zero-order valence-corrected chi connectivity index (χ0v) is 21.0. The Hall–Kier alpha value is -3.88. The highest BCUT2D eigenvalue weighted by Crippen LogP contribution is 2.30.